The van der Waals surface area contributed by atoms with E-state index in [0.29, 0.717) is 11.5 Å². The molecule has 3 rings (SSSR count). The molecule has 5 heteroatoms. The highest BCUT2D eigenvalue weighted by Gasteiger charge is 2.26. The number of anilines is 1. The third kappa shape index (κ3) is 5.19. The molecule has 0 radical (unpaired) electrons. The Labute approximate surface area is 157 Å². The molecule has 1 aromatic heterocycles. The molecule has 0 N–H and O–H groups in total. The van der Waals surface area contributed by atoms with E-state index in [1.807, 2.05) is 26.0 Å². The van der Waals surface area contributed by atoms with Crippen LogP contribution in [0.3, 0.4) is 0 Å². The minimum atomic E-state index is -0.266. The number of aromatic nitrogens is 1. The number of hydrogen-bond donors (Lipinski definition) is 0. The number of carbonyl (C=O) groups excluding carboxylic acids is 1. The largest absolute Gasteiger partial charge is 0.459 e. The van der Waals surface area contributed by atoms with E-state index in [4.69, 9.17) is 4.74 Å². The molecule has 1 unspecified atom stereocenters. The topological polar surface area (TPSA) is 45.7 Å². The molecule has 2 saturated heterocycles. The Morgan fingerprint density at radius 1 is 1.19 bits per heavy atom. The molecule has 0 amide bonds. The molecular formula is C21H33N3O2. The summed E-state index contributed by atoms with van der Waals surface area (Å²) in [6, 6.07) is 3.66. The Hall–Kier alpha value is -1.62. The standard InChI is InChI=1S/C21H33N3O2/c1-17(2)26-21(25)19-10-7-11-22-20(19)24-14-8-9-18(16-24)15-23-12-5-3-4-6-13-23/h7,10-11,17-18H,3-6,8-9,12-16H2,1-2H3. The molecule has 2 fully saturated rings. The summed E-state index contributed by atoms with van der Waals surface area (Å²) in [6.07, 6.45) is 9.52. The molecule has 3 heterocycles. The fraction of sp³-hybridized carbons (Fsp3) is 0.714. The van der Waals surface area contributed by atoms with E-state index < -0.39 is 0 Å². The first-order valence-electron chi connectivity index (χ1n) is 10.3. The van der Waals surface area contributed by atoms with Crippen molar-refractivity contribution in [1.82, 2.24) is 9.88 Å². The molecule has 144 valence electrons. The summed E-state index contributed by atoms with van der Waals surface area (Å²) in [5.41, 5.74) is 0.594. The third-order valence-electron chi connectivity index (χ3n) is 5.38. The van der Waals surface area contributed by atoms with Gasteiger partial charge in [-0.3, -0.25) is 0 Å². The van der Waals surface area contributed by atoms with E-state index in [-0.39, 0.29) is 12.1 Å². The van der Waals surface area contributed by atoms with Crippen molar-refractivity contribution in [1.29, 1.82) is 0 Å². The van der Waals surface area contributed by atoms with Gasteiger partial charge < -0.3 is 14.5 Å². The van der Waals surface area contributed by atoms with E-state index in [1.165, 1.54) is 51.7 Å². The number of ether oxygens (including phenoxy) is 1. The highest BCUT2D eigenvalue weighted by molar-refractivity contribution is 5.94. The Kier molecular flexibility index (Phi) is 6.89. The van der Waals surface area contributed by atoms with Crippen LogP contribution in [0, 0.1) is 5.92 Å². The maximum atomic E-state index is 12.5. The van der Waals surface area contributed by atoms with Gasteiger partial charge in [0.2, 0.25) is 0 Å². The van der Waals surface area contributed by atoms with Gasteiger partial charge in [-0.1, -0.05) is 12.8 Å². The zero-order valence-corrected chi connectivity index (χ0v) is 16.3. The van der Waals surface area contributed by atoms with Gasteiger partial charge in [-0.2, -0.15) is 0 Å². The van der Waals surface area contributed by atoms with Crippen LogP contribution >= 0.6 is 0 Å². The minimum Gasteiger partial charge on any atom is -0.459 e. The van der Waals surface area contributed by atoms with Crippen LogP contribution in [0.1, 0.15) is 62.7 Å². The van der Waals surface area contributed by atoms with Crippen LogP contribution in [-0.4, -0.2) is 54.7 Å². The highest BCUT2D eigenvalue weighted by Crippen LogP contribution is 2.26. The molecule has 2 aliphatic rings. The molecule has 1 aromatic rings. The van der Waals surface area contributed by atoms with Crippen molar-refractivity contribution in [3.63, 3.8) is 0 Å². The Morgan fingerprint density at radius 2 is 1.96 bits per heavy atom. The lowest BCUT2D eigenvalue weighted by molar-refractivity contribution is 0.0378. The summed E-state index contributed by atoms with van der Waals surface area (Å²) in [6.45, 7) is 9.37. The number of piperidine rings is 1. The van der Waals surface area contributed by atoms with Crippen molar-refractivity contribution in [3.8, 4) is 0 Å². The molecule has 2 aliphatic heterocycles. The maximum absolute atomic E-state index is 12.5. The molecule has 0 bridgehead atoms. The molecule has 0 saturated carbocycles. The van der Waals surface area contributed by atoms with E-state index in [2.05, 4.69) is 14.8 Å². The summed E-state index contributed by atoms with van der Waals surface area (Å²) in [4.78, 5) is 21.9. The third-order valence-corrected chi connectivity index (χ3v) is 5.38. The van der Waals surface area contributed by atoms with Crippen molar-refractivity contribution in [2.45, 2.75) is 58.5 Å². The first kappa shape index (κ1) is 19.2. The lowest BCUT2D eigenvalue weighted by Gasteiger charge is -2.36. The monoisotopic (exact) mass is 359 g/mol. The Morgan fingerprint density at radius 3 is 2.69 bits per heavy atom. The van der Waals surface area contributed by atoms with Gasteiger partial charge in [-0.05, 0) is 70.7 Å². The van der Waals surface area contributed by atoms with Crippen molar-refractivity contribution < 1.29 is 9.53 Å². The number of pyridine rings is 1. The van der Waals surface area contributed by atoms with Crippen molar-refractivity contribution in [2.24, 2.45) is 5.92 Å². The normalized spacial score (nSPS) is 22.3. The van der Waals surface area contributed by atoms with Crippen LogP contribution in [-0.2, 0) is 4.74 Å². The molecule has 0 aromatic carbocycles. The number of rotatable bonds is 5. The zero-order valence-electron chi connectivity index (χ0n) is 16.3. The lowest BCUT2D eigenvalue weighted by Crippen LogP contribution is -2.42. The smallest absolute Gasteiger partial charge is 0.342 e. The summed E-state index contributed by atoms with van der Waals surface area (Å²) in [5, 5.41) is 0. The number of esters is 1. The minimum absolute atomic E-state index is 0.118. The maximum Gasteiger partial charge on any atom is 0.342 e. The number of carbonyl (C=O) groups is 1. The van der Waals surface area contributed by atoms with Gasteiger partial charge in [0.15, 0.2) is 0 Å². The first-order valence-corrected chi connectivity index (χ1v) is 10.3. The average molecular weight is 360 g/mol. The average Bonchev–Trinajstić information content (AvgIpc) is 2.90. The number of likely N-dealkylation sites (tertiary alicyclic amines) is 1. The second-order valence-electron chi connectivity index (χ2n) is 8.00. The van der Waals surface area contributed by atoms with Gasteiger partial charge in [0.25, 0.3) is 0 Å². The first-order chi connectivity index (χ1) is 12.6. The van der Waals surface area contributed by atoms with Crippen molar-refractivity contribution in [3.05, 3.63) is 23.9 Å². The second kappa shape index (κ2) is 9.36. The van der Waals surface area contributed by atoms with Gasteiger partial charge in [0.1, 0.15) is 11.4 Å². The van der Waals surface area contributed by atoms with Gasteiger partial charge in [0, 0.05) is 25.8 Å². The van der Waals surface area contributed by atoms with Gasteiger partial charge >= 0.3 is 5.97 Å². The van der Waals surface area contributed by atoms with Crippen LogP contribution in [0.4, 0.5) is 5.82 Å². The number of nitrogens with zero attached hydrogens (tertiary/aromatic N) is 3. The molecular weight excluding hydrogens is 326 g/mol. The summed E-state index contributed by atoms with van der Waals surface area (Å²) >= 11 is 0. The summed E-state index contributed by atoms with van der Waals surface area (Å²) in [7, 11) is 0. The highest BCUT2D eigenvalue weighted by atomic mass is 16.5. The molecule has 0 aliphatic carbocycles. The van der Waals surface area contributed by atoms with Crippen LogP contribution in [0.5, 0.6) is 0 Å². The molecule has 1 atom stereocenters. The van der Waals surface area contributed by atoms with Crippen LogP contribution in [0.15, 0.2) is 18.3 Å². The Balaban J connectivity index is 1.66. The second-order valence-corrected chi connectivity index (χ2v) is 8.00. The zero-order chi connectivity index (χ0) is 18.4. The lowest BCUT2D eigenvalue weighted by atomic mass is 9.97. The van der Waals surface area contributed by atoms with Crippen molar-refractivity contribution >= 4 is 11.8 Å². The fourth-order valence-electron chi connectivity index (χ4n) is 4.18. The fourth-order valence-corrected chi connectivity index (χ4v) is 4.18. The predicted molar refractivity (Wildman–Crippen MR) is 105 cm³/mol. The van der Waals surface area contributed by atoms with Gasteiger partial charge in [0.05, 0.1) is 6.10 Å². The number of hydrogen-bond acceptors (Lipinski definition) is 5. The SMILES string of the molecule is CC(C)OC(=O)c1cccnc1N1CCCC(CN2CCCCCC2)C1. The van der Waals surface area contributed by atoms with Gasteiger partial charge in [-0.15, -0.1) is 0 Å². The molecule has 0 spiro atoms. The van der Waals surface area contributed by atoms with Crippen LogP contribution in [0.25, 0.3) is 0 Å². The van der Waals surface area contributed by atoms with Crippen LogP contribution < -0.4 is 4.90 Å². The van der Waals surface area contributed by atoms with E-state index in [1.54, 1.807) is 6.20 Å². The van der Waals surface area contributed by atoms with Gasteiger partial charge in [-0.25, -0.2) is 9.78 Å². The molecule has 5 nitrogen and oxygen atoms in total. The predicted octanol–water partition coefficient (Wildman–Crippen LogP) is 3.74. The van der Waals surface area contributed by atoms with E-state index in [9.17, 15) is 4.79 Å². The van der Waals surface area contributed by atoms with E-state index in [0.717, 1.165) is 25.3 Å². The van der Waals surface area contributed by atoms with Crippen molar-refractivity contribution in [2.75, 3.05) is 37.6 Å². The Bertz CT molecular complexity index is 582. The summed E-state index contributed by atoms with van der Waals surface area (Å²) in [5.74, 6) is 1.18. The summed E-state index contributed by atoms with van der Waals surface area (Å²) < 4.78 is 5.42. The quantitative estimate of drug-likeness (QED) is 0.750. The van der Waals surface area contributed by atoms with E-state index >= 15 is 0 Å². The molecule has 26 heavy (non-hydrogen) atoms. The van der Waals surface area contributed by atoms with Crippen LogP contribution in [0.2, 0.25) is 0 Å².